The van der Waals surface area contributed by atoms with Crippen molar-refractivity contribution in [2.75, 3.05) is 4.43 Å². The van der Waals surface area contributed by atoms with E-state index < -0.39 is 0 Å². The molecule has 2 nitrogen and oxygen atoms in total. The van der Waals surface area contributed by atoms with Gasteiger partial charge in [0.1, 0.15) is 6.10 Å². The Labute approximate surface area is 91.4 Å². The zero-order valence-corrected chi connectivity index (χ0v) is 9.52. The van der Waals surface area contributed by atoms with E-state index in [1.165, 1.54) is 0 Å². The van der Waals surface area contributed by atoms with Gasteiger partial charge < -0.3 is 4.74 Å². The number of carbonyl (C=O) groups excluding carboxylic acids is 1. The van der Waals surface area contributed by atoms with Gasteiger partial charge in [0.15, 0.2) is 0 Å². The highest BCUT2D eigenvalue weighted by Crippen LogP contribution is 2.04. The molecule has 13 heavy (non-hydrogen) atoms. The largest absolute Gasteiger partial charge is 0.458 e. The fourth-order valence-corrected chi connectivity index (χ4v) is 1.04. The van der Waals surface area contributed by atoms with Gasteiger partial charge in [-0.3, -0.25) is 0 Å². The molecule has 0 heterocycles. The summed E-state index contributed by atoms with van der Waals surface area (Å²) in [7, 11) is 0. The topological polar surface area (TPSA) is 26.3 Å². The molecule has 0 saturated carbocycles. The number of hydrogen-bond donors (Lipinski definition) is 0. The van der Waals surface area contributed by atoms with Crippen LogP contribution in [0.5, 0.6) is 0 Å². The molecule has 1 rings (SSSR count). The SMILES string of the molecule is CC(CI)OC(=O)c1ccccc1. The lowest BCUT2D eigenvalue weighted by Gasteiger charge is -2.09. The van der Waals surface area contributed by atoms with E-state index in [-0.39, 0.29) is 12.1 Å². The minimum Gasteiger partial charge on any atom is -0.458 e. The van der Waals surface area contributed by atoms with Gasteiger partial charge in [-0.2, -0.15) is 0 Å². The predicted octanol–water partition coefficient (Wildman–Crippen LogP) is 2.67. The molecule has 1 aromatic rings. The third-order valence-electron chi connectivity index (χ3n) is 1.54. The van der Waals surface area contributed by atoms with Crippen LogP contribution in [-0.4, -0.2) is 16.5 Å². The second kappa shape index (κ2) is 5.21. The van der Waals surface area contributed by atoms with Gasteiger partial charge in [-0.05, 0) is 19.1 Å². The molecule has 0 N–H and O–H groups in total. The van der Waals surface area contributed by atoms with E-state index >= 15 is 0 Å². The molecule has 1 unspecified atom stereocenters. The number of rotatable bonds is 3. The van der Waals surface area contributed by atoms with E-state index in [0.717, 1.165) is 4.43 Å². The van der Waals surface area contributed by atoms with Gasteiger partial charge in [-0.15, -0.1) is 0 Å². The van der Waals surface area contributed by atoms with E-state index in [4.69, 9.17) is 4.74 Å². The van der Waals surface area contributed by atoms with Gasteiger partial charge in [0.2, 0.25) is 0 Å². The van der Waals surface area contributed by atoms with Crippen LogP contribution in [0, 0.1) is 0 Å². The van der Waals surface area contributed by atoms with E-state index in [0.29, 0.717) is 5.56 Å². The lowest BCUT2D eigenvalue weighted by Crippen LogP contribution is -2.15. The number of hydrogen-bond acceptors (Lipinski definition) is 2. The Morgan fingerprint density at radius 3 is 2.62 bits per heavy atom. The smallest absolute Gasteiger partial charge is 0.338 e. The summed E-state index contributed by atoms with van der Waals surface area (Å²) in [6.07, 6.45) is -0.0201. The summed E-state index contributed by atoms with van der Waals surface area (Å²) >= 11 is 2.19. The first kappa shape index (κ1) is 10.5. The molecule has 0 saturated heterocycles. The van der Waals surface area contributed by atoms with Gasteiger partial charge in [0.25, 0.3) is 0 Å². The number of esters is 1. The summed E-state index contributed by atoms with van der Waals surface area (Å²) in [6, 6.07) is 9.03. The maximum Gasteiger partial charge on any atom is 0.338 e. The first-order valence-electron chi connectivity index (χ1n) is 4.06. The van der Waals surface area contributed by atoms with E-state index in [2.05, 4.69) is 22.6 Å². The van der Waals surface area contributed by atoms with Crippen LogP contribution in [0.2, 0.25) is 0 Å². The van der Waals surface area contributed by atoms with Crippen molar-refractivity contribution < 1.29 is 9.53 Å². The first-order valence-corrected chi connectivity index (χ1v) is 5.58. The second-order valence-corrected chi connectivity index (χ2v) is 3.62. The summed E-state index contributed by atoms with van der Waals surface area (Å²) in [5, 5.41) is 0. The molecular weight excluding hydrogens is 279 g/mol. The third kappa shape index (κ3) is 3.34. The van der Waals surface area contributed by atoms with E-state index in [1.54, 1.807) is 12.1 Å². The third-order valence-corrected chi connectivity index (χ3v) is 2.78. The van der Waals surface area contributed by atoms with Crippen molar-refractivity contribution in [2.24, 2.45) is 0 Å². The fraction of sp³-hybridized carbons (Fsp3) is 0.300. The van der Waals surface area contributed by atoms with Crippen molar-refractivity contribution in [3.63, 3.8) is 0 Å². The maximum absolute atomic E-state index is 11.4. The molecule has 0 amide bonds. The van der Waals surface area contributed by atoms with Gasteiger partial charge in [-0.1, -0.05) is 40.8 Å². The highest BCUT2D eigenvalue weighted by molar-refractivity contribution is 14.1. The Kier molecular flexibility index (Phi) is 4.21. The average Bonchev–Trinajstić information content (AvgIpc) is 2.19. The van der Waals surface area contributed by atoms with Crippen LogP contribution < -0.4 is 0 Å². The zero-order valence-electron chi connectivity index (χ0n) is 7.37. The van der Waals surface area contributed by atoms with Crippen LogP contribution in [0.25, 0.3) is 0 Å². The Morgan fingerprint density at radius 2 is 2.08 bits per heavy atom. The highest BCUT2D eigenvalue weighted by atomic mass is 127. The van der Waals surface area contributed by atoms with Crippen molar-refractivity contribution in [3.05, 3.63) is 35.9 Å². The van der Waals surface area contributed by atoms with Crippen molar-refractivity contribution >= 4 is 28.6 Å². The van der Waals surface area contributed by atoms with Crippen LogP contribution >= 0.6 is 22.6 Å². The molecule has 0 aliphatic carbocycles. The van der Waals surface area contributed by atoms with Crippen molar-refractivity contribution in [2.45, 2.75) is 13.0 Å². The van der Waals surface area contributed by atoms with Gasteiger partial charge in [0, 0.05) is 4.43 Å². The Balaban J connectivity index is 2.59. The average molecular weight is 290 g/mol. The monoisotopic (exact) mass is 290 g/mol. The van der Waals surface area contributed by atoms with Crippen LogP contribution in [0.4, 0.5) is 0 Å². The molecule has 0 aliphatic rings. The predicted molar refractivity (Wildman–Crippen MR) is 60.2 cm³/mol. The van der Waals surface area contributed by atoms with Crippen LogP contribution in [-0.2, 0) is 4.74 Å². The quantitative estimate of drug-likeness (QED) is 0.486. The molecule has 70 valence electrons. The summed E-state index contributed by atoms with van der Waals surface area (Å²) in [4.78, 5) is 11.4. The van der Waals surface area contributed by atoms with Crippen molar-refractivity contribution in [1.29, 1.82) is 0 Å². The maximum atomic E-state index is 11.4. The van der Waals surface area contributed by atoms with Crippen molar-refractivity contribution in [3.8, 4) is 0 Å². The molecule has 3 heteroatoms. The summed E-state index contributed by atoms with van der Waals surface area (Å²) in [5.74, 6) is -0.246. The van der Waals surface area contributed by atoms with E-state index in [1.807, 2.05) is 25.1 Å². The number of alkyl halides is 1. The van der Waals surface area contributed by atoms with Crippen molar-refractivity contribution in [1.82, 2.24) is 0 Å². The van der Waals surface area contributed by atoms with Gasteiger partial charge >= 0.3 is 5.97 Å². The zero-order chi connectivity index (χ0) is 9.68. The summed E-state index contributed by atoms with van der Waals surface area (Å²) < 4.78 is 5.95. The fourth-order valence-electron chi connectivity index (χ4n) is 0.856. The number of carbonyl (C=O) groups is 1. The minimum atomic E-state index is -0.246. The van der Waals surface area contributed by atoms with E-state index in [9.17, 15) is 4.79 Å². The molecule has 0 radical (unpaired) electrons. The minimum absolute atomic E-state index is 0.0201. The van der Waals surface area contributed by atoms with Gasteiger partial charge in [0.05, 0.1) is 5.56 Å². The number of benzene rings is 1. The number of ether oxygens (including phenoxy) is 1. The molecule has 0 spiro atoms. The van der Waals surface area contributed by atoms with Crippen LogP contribution in [0.3, 0.4) is 0 Å². The lowest BCUT2D eigenvalue weighted by atomic mass is 10.2. The summed E-state index contributed by atoms with van der Waals surface area (Å²) in [5.41, 5.74) is 0.610. The second-order valence-electron chi connectivity index (χ2n) is 2.74. The molecule has 0 aliphatic heterocycles. The molecule has 1 aromatic carbocycles. The molecular formula is C10H11IO2. The van der Waals surface area contributed by atoms with Crippen LogP contribution in [0.1, 0.15) is 17.3 Å². The Hall–Kier alpha value is -0.580. The molecule has 0 aromatic heterocycles. The molecule has 0 fully saturated rings. The molecule has 1 atom stereocenters. The Bertz CT molecular complexity index is 272. The first-order chi connectivity index (χ1) is 6.24. The normalized spacial score (nSPS) is 12.2. The van der Waals surface area contributed by atoms with Gasteiger partial charge in [-0.25, -0.2) is 4.79 Å². The van der Waals surface area contributed by atoms with Crippen LogP contribution in [0.15, 0.2) is 30.3 Å². The molecule has 0 bridgehead atoms. The highest BCUT2D eigenvalue weighted by Gasteiger charge is 2.09. The number of halogens is 1. The lowest BCUT2D eigenvalue weighted by molar-refractivity contribution is 0.0391. The summed E-state index contributed by atoms with van der Waals surface area (Å²) in [6.45, 7) is 1.88. The standard InChI is InChI=1S/C10H11IO2/c1-8(7-11)13-10(12)9-5-3-2-4-6-9/h2-6,8H,7H2,1H3. The Morgan fingerprint density at radius 1 is 1.46 bits per heavy atom.